The summed E-state index contributed by atoms with van der Waals surface area (Å²) in [7, 11) is 0. The normalized spacial score (nSPS) is 21.0. The van der Waals surface area contributed by atoms with Gasteiger partial charge in [0.1, 0.15) is 0 Å². The predicted octanol–water partition coefficient (Wildman–Crippen LogP) is 3.16. The summed E-state index contributed by atoms with van der Waals surface area (Å²) in [4.78, 5) is 2.50. The average molecular weight is 335 g/mol. The van der Waals surface area contributed by atoms with E-state index in [0.717, 1.165) is 37.4 Å². The fourth-order valence-electron chi connectivity index (χ4n) is 3.22. The lowest BCUT2D eigenvalue weighted by atomic mass is 9.79. The van der Waals surface area contributed by atoms with Crippen LogP contribution in [-0.2, 0) is 6.54 Å². The minimum absolute atomic E-state index is 0. The summed E-state index contributed by atoms with van der Waals surface area (Å²) in [6.45, 7) is 9.70. The highest BCUT2D eigenvalue weighted by molar-refractivity contribution is 5.85. The Morgan fingerprint density at radius 1 is 1.26 bits per heavy atom. The Labute approximate surface area is 145 Å². The number of piperidine rings is 1. The first-order valence-corrected chi connectivity index (χ1v) is 8.04. The van der Waals surface area contributed by atoms with Crippen LogP contribution in [0.5, 0.6) is 0 Å². The molecule has 2 heterocycles. The highest BCUT2D eigenvalue weighted by atomic mass is 35.5. The van der Waals surface area contributed by atoms with Crippen molar-refractivity contribution < 1.29 is 0 Å². The zero-order valence-corrected chi connectivity index (χ0v) is 15.0. The van der Waals surface area contributed by atoms with Gasteiger partial charge in [0.2, 0.25) is 0 Å². The van der Waals surface area contributed by atoms with Crippen LogP contribution in [0, 0.1) is 12.3 Å². The quantitative estimate of drug-likeness (QED) is 0.937. The first-order chi connectivity index (χ1) is 10.5. The lowest BCUT2D eigenvalue weighted by molar-refractivity contribution is 0.0897. The molecule has 2 aromatic rings. The van der Waals surface area contributed by atoms with E-state index in [9.17, 15) is 0 Å². The van der Waals surface area contributed by atoms with Gasteiger partial charge in [-0.05, 0) is 30.9 Å². The SMILES string of the molecule is Cc1nn(-c2ccccc2)cc1CN1CCC(N)C(C)(C)C1.Cl. The third-order valence-corrected chi connectivity index (χ3v) is 4.81. The molecule has 5 heteroatoms. The molecule has 1 aliphatic rings. The van der Waals surface area contributed by atoms with Gasteiger partial charge in [0.15, 0.2) is 0 Å². The molecular formula is C18H27ClN4. The lowest BCUT2D eigenvalue weighted by Gasteiger charge is -2.42. The standard InChI is InChI=1S/C18H26N4.ClH/c1-14-15(11-21-10-9-17(19)18(2,3)13-21)12-22(20-14)16-7-5-4-6-8-16;/h4-8,12,17H,9-11,13,19H2,1-3H3;1H. The number of benzene rings is 1. The van der Waals surface area contributed by atoms with Gasteiger partial charge in [-0.15, -0.1) is 12.4 Å². The number of likely N-dealkylation sites (tertiary alicyclic amines) is 1. The molecule has 1 atom stereocenters. The number of halogens is 1. The molecule has 1 aromatic carbocycles. The topological polar surface area (TPSA) is 47.1 Å². The summed E-state index contributed by atoms with van der Waals surface area (Å²) < 4.78 is 1.98. The number of nitrogens with two attached hydrogens (primary N) is 1. The van der Waals surface area contributed by atoms with E-state index in [0.29, 0.717) is 6.04 Å². The smallest absolute Gasteiger partial charge is 0.0645 e. The first-order valence-electron chi connectivity index (χ1n) is 8.04. The molecule has 1 aromatic heterocycles. The van der Waals surface area contributed by atoms with Gasteiger partial charge in [-0.1, -0.05) is 32.0 Å². The molecule has 126 valence electrons. The molecule has 0 aliphatic carbocycles. The van der Waals surface area contributed by atoms with Crippen molar-refractivity contribution in [1.82, 2.24) is 14.7 Å². The van der Waals surface area contributed by atoms with E-state index in [1.807, 2.05) is 22.9 Å². The Hall–Kier alpha value is -1.36. The molecule has 0 bridgehead atoms. The molecule has 1 saturated heterocycles. The molecule has 4 nitrogen and oxygen atoms in total. The number of hydrogen-bond donors (Lipinski definition) is 1. The van der Waals surface area contributed by atoms with Gasteiger partial charge in [-0.2, -0.15) is 5.10 Å². The van der Waals surface area contributed by atoms with E-state index in [1.54, 1.807) is 0 Å². The van der Waals surface area contributed by atoms with Crippen molar-refractivity contribution in [2.75, 3.05) is 13.1 Å². The predicted molar refractivity (Wildman–Crippen MR) is 97.2 cm³/mol. The van der Waals surface area contributed by atoms with E-state index in [2.05, 4.69) is 49.1 Å². The van der Waals surface area contributed by atoms with Crippen LogP contribution in [-0.4, -0.2) is 33.8 Å². The van der Waals surface area contributed by atoms with E-state index < -0.39 is 0 Å². The van der Waals surface area contributed by atoms with Crippen LogP contribution >= 0.6 is 12.4 Å². The number of rotatable bonds is 3. The molecule has 0 spiro atoms. The van der Waals surface area contributed by atoms with Crippen molar-refractivity contribution in [3.8, 4) is 5.69 Å². The monoisotopic (exact) mass is 334 g/mol. The molecule has 3 rings (SSSR count). The van der Waals surface area contributed by atoms with Gasteiger partial charge in [0.05, 0.1) is 11.4 Å². The van der Waals surface area contributed by atoms with Crippen LogP contribution in [0.4, 0.5) is 0 Å². The second kappa shape index (κ2) is 7.04. The third-order valence-electron chi connectivity index (χ3n) is 4.81. The van der Waals surface area contributed by atoms with Crippen molar-refractivity contribution in [2.45, 2.75) is 39.8 Å². The highest BCUT2D eigenvalue weighted by Gasteiger charge is 2.33. The molecule has 1 fully saturated rings. The zero-order chi connectivity index (χ0) is 15.7. The van der Waals surface area contributed by atoms with Crippen LogP contribution < -0.4 is 5.73 Å². The van der Waals surface area contributed by atoms with E-state index in [4.69, 9.17) is 5.73 Å². The van der Waals surface area contributed by atoms with Gasteiger partial charge >= 0.3 is 0 Å². The summed E-state index contributed by atoms with van der Waals surface area (Å²) in [6.07, 6.45) is 3.23. The Bertz CT molecular complexity index is 636. The summed E-state index contributed by atoms with van der Waals surface area (Å²) in [6, 6.07) is 10.6. The lowest BCUT2D eigenvalue weighted by Crippen LogP contribution is -2.52. The third kappa shape index (κ3) is 3.94. The Morgan fingerprint density at radius 3 is 2.61 bits per heavy atom. The Kier molecular flexibility index (Phi) is 5.50. The van der Waals surface area contributed by atoms with Crippen molar-refractivity contribution in [1.29, 1.82) is 0 Å². The molecule has 1 unspecified atom stereocenters. The van der Waals surface area contributed by atoms with Gasteiger partial charge in [-0.25, -0.2) is 4.68 Å². The summed E-state index contributed by atoms with van der Waals surface area (Å²) in [5, 5.41) is 4.66. The van der Waals surface area contributed by atoms with Gasteiger partial charge in [0.25, 0.3) is 0 Å². The number of aromatic nitrogens is 2. The van der Waals surface area contributed by atoms with Gasteiger partial charge < -0.3 is 5.73 Å². The van der Waals surface area contributed by atoms with Crippen LogP contribution in [0.3, 0.4) is 0 Å². The second-order valence-electron chi connectivity index (χ2n) is 7.11. The van der Waals surface area contributed by atoms with E-state index in [1.165, 1.54) is 5.56 Å². The van der Waals surface area contributed by atoms with E-state index in [-0.39, 0.29) is 17.8 Å². The minimum atomic E-state index is 0. The first kappa shape index (κ1) is 18.0. The number of para-hydroxylation sites is 1. The number of nitrogens with zero attached hydrogens (tertiary/aromatic N) is 3. The largest absolute Gasteiger partial charge is 0.327 e. The number of aryl methyl sites for hydroxylation is 1. The van der Waals surface area contributed by atoms with Crippen LogP contribution in [0.1, 0.15) is 31.5 Å². The Morgan fingerprint density at radius 2 is 1.96 bits per heavy atom. The second-order valence-corrected chi connectivity index (χ2v) is 7.11. The maximum absolute atomic E-state index is 6.24. The maximum Gasteiger partial charge on any atom is 0.0645 e. The fraction of sp³-hybridized carbons (Fsp3) is 0.500. The Balaban J connectivity index is 0.00000192. The molecule has 0 radical (unpaired) electrons. The van der Waals surface area contributed by atoms with Crippen LogP contribution in [0.2, 0.25) is 0 Å². The van der Waals surface area contributed by atoms with E-state index >= 15 is 0 Å². The van der Waals surface area contributed by atoms with Gasteiger partial charge in [0, 0.05) is 37.4 Å². The number of hydrogen-bond acceptors (Lipinski definition) is 3. The highest BCUT2D eigenvalue weighted by Crippen LogP contribution is 2.29. The van der Waals surface area contributed by atoms with Crippen LogP contribution in [0.25, 0.3) is 5.69 Å². The molecule has 0 amide bonds. The molecule has 0 saturated carbocycles. The molecule has 23 heavy (non-hydrogen) atoms. The van der Waals surface area contributed by atoms with Crippen molar-refractivity contribution in [3.63, 3.8) is 0 Å². The molecule has 2 N–H and O–H groups in total. The minimum Gasteiger partial charge on any atom is -0.327 e. The summed E-state index contributed by atoms with van der Waals surface area (Å²) in [5.41, 5.74) is 9.94. The fourth-order valence-corrected chi connectivity index (χ4v) is 3.22. The molecular weight excluding hydrogens is 308 g/mol. The van der Waals surface area contributed by atoms with Crippen molar-refractivity contribution in [3.05, 3.63) is 47.8 Å². The van der Waals surface area contributed by atoms with Crippen LogP contribution in [0.15, 0.2) is 36.5 Å². The zero-order valence-electron chi connectivity index (χ0n) is 14.2. The average Bonchev–Trinajstić information content (AvgIpc) is 2.85. The maximum atomic E-state index is 6.24. The van der Waals surface area contributed by atoms with Gasteiger partial charge in [-0.3, -0.25) is 4.90 Å². The summed E-state index contributed by atoms with van der Waals surface area (Å²) >= 11 is 0. The summed E-state index contributed by atoms with van der Waals surface area (Å²) in [5.74, 6) is 0. The van der Waals surface area contributed by atoms with Crippen molar-refractivity contribution in [2.24, 2.45) is 11.1 Å². The molecule has 1 aliphatic heterocycles. The van der Waals surface area contributed by atoms with Crippen molar-refractivity contribution >= 4 is 12.4 Å².